The molecule has 1 fully saturated rings. The number of hydrogen-bond donors (Lipinski definition) is 1. The van der Waals surface area contributed by atoms with Crippen LogP contribution in [0.2, 0.25) is 0 Å². The van der Waals surface area contributed by atoms with E-state index in [1.807, 2.05) is 48.5 Å². The molecular formula is C26H33INO5P. The van der Waals surface area contributed by atoms with Crippen LogP contribution in [0, 0.1) is 0 Å². The third kappa shape index (κ3) is 7.48. The average Bonchev–Trinajstić information content (AvgIpc) is 3.19. The Morgan fingerprint density at radius 2 is 1.71 bits per heavy atom. The van der Waals surface area contributed by atoms with Gasteiger partial charge in [-0.2, -0.15) is 0 Å². The molecule has 2 unspecified atom stereocenters. The molecule has 1 saturated heterocycles. The molecule has 0 radical (unpaired) electrons. The number of carbonyl (C=O) groups is 2. The van der Waals surface area contributed by atoms with Crippen LogP contribution in [-0.2, 0) is 36.3 Å². The summed E-state index contributed by atoms with van der Waals surface area (Å²) < 4.78 is 24.1. The molecule has 0 aliphatic carbocycles. The molecule has 2 aromatic rings. The van der Waals surface area contributed by atoms with Gasteiger partial charge in [0.25, 0.3) is 0 Å². The van der Waals surface area contributed by atoms with E-state index in [2.05, 4.69) is 40.0 Å². The summed E-state index contributed by atoms with van der Waals surface area (Å²) in [5.41, 5.74) is 1.23. The van der Waals surface area contributed by atoms with Gasteiger partial charge in [-0.1, -0.05) is 83.3 Å². The Morgan fingerprint density at radius 1 is 1.06 bits per heavy atom. The molecule has 0 saturated carbocycles. The number of hydrogen-bond acceptors (Lipinski definition) is 6. The first-order valence-electron chi connectivity index (χ1n) is 11.8. The number of nitrogens with one attached hydrogen (secondary N) is 1. The minimum atomic E-state index is -3.24. The maximum absolute atomic E-state index is 13.3. The zero-order chi connectivity index (χ0) is 24.4. The number of aryl methyl sites for hydroxylation is 1. The third-order valence-corrected chi connectivity index (χ3v) is 10.2. The van der Waals surface area contributed by atoms with Crippen LogP contribution in [0.1, 0.15) is 37.3 Å². The summed E-state index contributed by atoms with van der Waals surface area (Å²) in [7, 11) is -3.24. The number of esters is 2. The molecule has 6 nitrogen and oxygen atoms in total. The van der Waals surface area contributed by atoms with Gasteiger partial charge in [-0.3, -0.25) is 9.36 Å². The fourth-order valence-corrected chi connectivity index (χ4v) is 7.34. The van der Waals surface area contributed by atoms with Crippen molar-refractivity contribution in [2.75, 3.05) is 25.5 Å². The molecule has 1 aliphatic rings. The molecule has 1 N–H and O–H groups in total. The lowest BCUT2D eigenvalue weighted by molar-refractivity contribution is -0.162. The van der Waals surface area contributed by atoms with Gasteiger partial charge in [-0.05, 0) is 50.3 Å². The van der Waals surface area contributed by atoms with E-state index in [0.29, 0.717) is 25.5 Å². The van der Waals surface area contributed by atoms with Crippen molar-refractivity contribution in [1.82, 2.24) is 5.32 Å². The first kappa shape index (κ1) is 27.1. The zero-order valence-corrected chi connectivity index (χ0v) is 22.6. The highest BCUT2D eigenvalue weighted by molar-refractivity contribution is 14.1. The molecular weight excluding hydrogens is 564 g/mol. The molecule has 1 aliphatic heterocycles. The van der Waals surface area contributed by atoms with Gasteiger partial charge in [-0.25, -0.2) is 4.79 Å². The second kappa shape index (κ2) is 13.0. The molecule has 1 heterocycles. The normalized spacial score (nSPS) is 21.6. The Balaban J connectivity index is 1.59. The summed E-state index contributed by atoms with van der Waals surface area (Å²) in [5, 5.41) is 3.28. The highest BCUT2D eigenvalue weighted by Gasteiger charge is 2.50. The molecule has 0 amide bonds. The summed E-state index contributed by atoms with van der Waals surface area (Å²) >= 11 is 2.25. The van der Waals surface area contributed by atoms with Gasteiger partial charge in [0.05, 0.1) is 6.61 Å². The van der Waals surface area contributed by atoms with E-state index in [1.165, 1.54) is 5.56 Å². The molecule has 8 heteroatoms. The predicted octanol–water partition coefficient (Wildman–Crippen LogP) is 5.17. The first-order valence-corrected chi connectivity index (χ1v) is 15.1. The fourth-order valence-electron chi connectivity index (χ4n) is 4.32. The van der Waals surface area contributed by atoms with E-state index in [-0.39, 0.29) is 16.7 Å². The second-order valence-electron chi connectivity index (χ2n) is 8.63. The number of halogens is 1. The summed E-state index contributed by atoms with van der Waals surface area (Å²) in [6, 6.07) is 19.8. The van der Waals surface area contributed by atoms with Crippen molar-refractivity contribution in [2.24, 2.45) is 0 Å². The van der Waals surface area contributed by atoms with Crippen molar-refractivity contribution in [3.8, 4) is 0 Å². The monoisotopic (exact) mass is 597 g/mol. The van der Waals surface area contributed by atoms with Crippen LogP contribution in [0.5, 0.6) is 0 Å². The molecule has 34 heavy (non-hydrogen) atoms. The molecule has 0 spiro atoms. The maximum atomic E-state index is 13.3. The second-order valence-corrected chi connectivity index (χ2v) is 12.8. The minimum absolute atomic E-state index is 0.0257. The largest absolute Gasteiger partial charge is 0.391 e. The van der Waals surface area contributed by atoms with Crippen molar-refractivity contribution in [2.45, 2.75) is 48.5 Å². The van der Waals surface area contributed by atoms with E-state index < -0.39 is 24.8 Å². The van der Waals surface area contributed by atoms with Crippen LogP contribution < -0.4 is 5.32 Å². The molecule has 0 bridgehead atoms. The topological polar surface area (TPSA) is 81.7 Å². The number of unbranched alkanes of at least 4 members (excludes halogenated alkanes) is 1. The lowest BCUT2D eigenvalue weighted by atomic mass is 9.89. The lowest BCUT2D eigenvalue weighted by Crippen LogP contribution is -2.56. The number of rotatable bonds is 12. The molecule has 2 aromatic carbocycles. The Hall–Kier alpha value is -1.54. The van der Waals surface area contributed by atoms with E-state index in [4.69, 9.17) is 9.26 Å². The summed E-state index contributed by atoms with van der Waals surface area (Å²) in [6.45, 7) is 2.67. The Morgan fingerprint density at radius 3 is 2.29 bits per heavy atom. The Bertz CT molecular complexity index is 987. The Labute approximate surface area is 215 Å². The van der Waals surface area contributed by atoms with Gasteiger partial charge in [0.15, 0.2) is 0 Å². The number of ether oxygens (including phenoxy) is 1. The van der Waals surface area contributed by atoms with Crippen molar-refractivity contribution in [3.05, 3.63) is 71.8 Å². The number of carbonyl (C=O) groups excluding carboxylic acids is 2. The van der Waals surface area contributed by atoms with Crippen molar-refractivity contribution >= 4 is 41.9 Å². The predicted molar refractivity (Wildman–Crippen MR) is 143 cm³/mol. The van der Waals surface area contributed by atoms with E-state index >= 15 is 0 Å². The van der Waals surface area contributed by atoms with Gasteiger partial charge in [0.2, 0.25) is 7.37 Å². The highest BCUT2D eigenvalue weighted by atomic mass is 127. The van der Waals surface area contributed by atoms with Crippen LogP contribution in [0.3, 0.4) is 0 Å². The molecule has 3 atom stereocenters. The standard InChI is InChI=1S/C26H33INO5P/c1-2-32-34(31,18-10-9-13-21-11-5-3-6-12-21)20-24(29)33-25(30)26(23(27)16-17-28-26)19-22-14-7-4-8-15-22/h3-8,11-12,14-15,23,28H,2,9-10,13,16-20H2,1H3/t23?,26-,34?/m0/s1. The van der Waals surface area contributed by atoms with Crippen LogP contribution in [-0.4, -0.2) is 46.9 Å². The van der Waals surface area contributed by atoms with E-state index in [0.717, 1.165) is 24.8 Å². The summed E-state index contributed by atoms with van der Waals surface area (Å²) in [4.78, 5) is 25.9. The molecule has 0 aromatic heterocycles. The molecule has 184 valence electrons. The SMILES string of the molecule is CCOP(=O)(CCCCc1ccccc1)CC(=O)OC(=O)[C@@]1(Cc2ccccc2)NCCC1I. The smallest absolute Gasteiger partial charge is 0.335 e. The van der Waals surface area contributed by atoms with Crippen LogP contribution in [0.15, 0.2) is 60.7 Å². The highest BCUT2D eigenvalue weighted by Crippen LogP contribution is 2.47. The van der Waals surface area contributed by atoms with Crippen molar-refractivity contribution in [3.63, 3.8) is 0 Å². The van der Waals surface area contributed by atoms with Crippen LogP contribution in [0.4, 0.5) is 0 Å². The summed E-state index contributed by atoms with van der Waals surface area (Å²) in [5.74, 6) is -1.39. The van der Waals surface area contributed by atoms with Gasteiger partial charge < -0.3 is 14.6 Å². The van der Waals surface area contributed by atoms with Crippen LogP contribution in [0.25, 0.3) is 0 Å². The summed E-state index contributed by atoms with van der Waals surface area (Å²) in [6.07, 6.45) is 3.52. The van der Waals surface area contributed by atoms with Crippen molar-refractivity contribution in [1.29, 1.82) is 0 Å². The lowest BCUT2D eigenvalue weighted by Gasteiger charge is -2.30. The zero-order valence-electron chi connectivity index (χ0n) is 19.6. The first-order chi connectivity index (χ1) is 16.4. The average molecular weight is 597 g/mol. The maximum Gasteiger partial charge on any atom is 0.335 e. The Kier molecular flexibility index (Phi) is 10.3. The fraction of sp³-hybridized carbons (Fsp3) is 0.462. The van der Waals surface area contributed by atoms with Gasteiger partial charge in [0, 0.05) is 16.5 Å². The van der Waals surface area contributed by atoms with E-state index in [9.17, 15) is 14.2 Å². The van der Waals surface area contributed by atoms with Gasteiger partial charge >= 0.3 is 11.9 Å². The quantitative estimate of drug-likeness (QED) is 0.0909. The van der Waals surface area contributed by atoms with Gasteiger partial charge in [-0.15, -0.1) is 0 Å². The number of benzene rings is 2. The van der Waals surface area contributed by atoms with Gasteiger partial charge in [0.1, 0.15) is 11.7 Å². The minimum Gasteiger partial charge on any atom is -0.391 e. The van der Waals surface area contributed by atoms with Crippen LogP contribution >= 0.6 is 30.0 Å². The van der Waals surface area contributed by atoms with Crippen molar-refractivity contribution < 1.29 is 23.4 Å². The molecule has 3 rings (SSSR count). The van der Waals surface area contributed by atoms with E-state index in [1.54, 1.807) is 6.92 Å². The number of alkyl halides is 1. The third-order valence-electron chi connectivity index (χ3n) is 6.06.